The molecule has 0 bridgehead atoms. The van der Waals surface area contributed by atoms with Gasteiger partial charge in [0, 0.05) is 23.9 Å². The Morgan fingerprint density at radius 3 is 1.44 bits per heavy atom. The van der Waals surface area contributed by atoms with Gasteiger partial charge in [-0.05, 0) is 88.9 Å². The average molecular weight is 555 g/mol. The predicted molar refractivity (Wildman–Crippen MR) is 161 cm³/mol. The van der Waals surface area contributed by atoms with Crippen molar-refractivity contribution in [2.24, 2.45) is 5.92 Å². The Hall–Kier alpha value is -2.77. The molecule has 1 aliphatic heterocycles. The third-order valence-corrected chi connectivity index (χ3v) is 4.89. The standard InChI is InChI=1S/C8H8F2.C8H9F.C6H8N2.C6H12O2.4CH4/c1-5-3-7(9)6(2)8(10)4-5;1-6-3-4-7(2)8(9)5-6;2*1-5-3-7-6(2)8-4-5;;;;/h3-4H,1-2H3;3-5H,1-2H3;3-4H,1-2H3;5-6H,3-4H2,1-2H3;4*1H4. The molecule has 0 N–H and O–H groups in total. The van der Waals surface area contributed by atoms with Crippen LogP contribution in [0.3, 0.4) is 0 Å². The third kappa shape index (κ3) is 18.2. The van der Waals surface area contributed by atoms with E-state index in [0.29, 0.717) is 17.0 Å². The Kier molecular flexibility index (Phi) is 24.5. The Morgan fingerprint density at radius 1 is 0.641 bits per heavy atom. The number of aryl methyl sites for hydroxylation is 5. The monoisotopic (exact) mass is 554 g/mol. The number of hydrogen-bond donors (Lipinski definition) is 0. The second-order valence-electron chi connectivity index (χ2n) is 8.75. The van der Waals surface area contributed by atoms with E-state index in [0.717, 1.165) is 30.2 Å². The quantitative estimate of drug-likeness (QED) is 0.277. The topological polar surface area (TPSA) is 44.2 Å². The minimum Gasteiger partial charge on any atom is -0.353 e. The van der Waals surface area contributed by atoms with Gasteiger partial charge in [0.1, 0.15) is 23.3 Å². The van der Waals surface area contributed by atoms with Gasteiger partial charge in [0.2, 0.25) is 0 Å². The number of hydrogen-bond acceptors (Lipinski definition) is 4. The first-order valence-corrected chi connectivity index (χ1v) is 11.5. The molecule has 0 saturated carbocycles. The molecule has 224 valence electrons. The van der Waals surface area contributed by atoms with Crippen LogP contribution in [0.5, 0.6) is 0 Å². The van der Waals surface area contributed by atoms with E-state index in [1.54, 1.807) is 19.9 Å². The molecule has 4 rings (SSSR count). The highest BCUT2D eigenvalue weighted by Crippen LogP contribution is 2.13. The van der Waals surface area contributed by atoms with Gasteiger partial charge in [-0.25, -0.2) is 23.1 Å². The molecule has 1 aliphatic rings. The fourth-order valence-electron chi connectivity index (χ4n) is 2.62. The van der Waals surface area contributed by atoms with E-state index >= 15 is 0 Å². The summed E-state index contributed by atoms with van der Waals surface area (Å²) in [5, 5.41) is 0. The lowest BCUT2D eigenvalue weighted by molar-refractivity contribution is -0.187. The number of rotatable bonds is 0. The van der Waals surface area contributed by atoms with Crippen molar-refractivity contribution in [2.45, 2.75) is 91.4 Å². The maximum absolute atomic E-state index is 12.6. The summed E-state index contributed by atoms with van der Waals surface area (Å²) in [6.45, 7) is 16.3. The molecule has 2 heterocycles. The first kappa shape index (κ1) is 43.3. The molecule has 2 aromatic carbocycles. The molecule has 0 atom stereocenters. The minimum atomic E-state index is -0.475. The van der Waals surface area contributed by atoms with Crippen molar-refractivity contribution in [1.82, 2.24) is 9.97 Å². The summed E-state index contributed by atoms with van der Waals surface area (Å²) in [6, 6.07) is 7.86. The molecule has 4 nitrogen and oxygen atoms in total. The van der Waals surface area contributed by atoms with E-state index in [-0.39, 0.29) is 47.4 Å². The van der Waals surface area contributed by atoms with E-state index in [9.17, 15) is 13.2 Å². The molecule has 1 aromatic heterocycles. The van der Waals surface area contributed by atoms with Crippen LogP contribution in [0.4, 0.5) is 13.2 Å². The highest BCUT2D eigenvalue weighted by molar-refractivity contribution is 5.24. The molecular formula is C32H53F3N2O2. The summed E-state index contributed by atoms with van der Waals surface area (Å²) >= 11 is 0. The fourth-order valence-corrected chi connectivity index (χ4v) is 2.62. The molecule has 0 amide bonds. The number of halogens is 3. The van der Waals surface area contributed by atoms with Gasteiger partial charge in [0.25, 0.3) is 0 Å². The lowest BCUT2D eigenvalue weighted by atomic mass is 10.1. The summed E-state index contributed by atoms with van der Waals surface area (Å²) in [4.78, 5) is 7.94. The SMILES string of the molecule is C.C.C.C.CC1COC(C)OC1.Cc1cc(F)c(C)c(F)c1.Cc1ccc(C)c(F)c1.Cc1cnc(C)nc1. The van der Waals surface area contributed by atoms with Crippen LogP contribution < -0.4 is 0 Å². The normalized spacial score (nSPS) is 14.8. The van der Waals surface area contributed by atoms with E-state index in [2.05, 4.69) is 16.9 Å². The molecule has 0 radical (unpaired) electrons. The fraction of sp³-hybridized carbons (Fsp3) is 0.500. The van der Waals surface area contributed by atoms with Gasteiger partial charge >= 0.3 is 0 Å². The number of aromatic nitrogens is 2. The predicted octanol–water partition coefficient (Wildman–Crippen LogP) is 9.68. The molecule has 0 aliphatic carbocycles. The second kappa shape index (κ2) is 22.1. The van der Waals surface area contributed by atoms with Gasteiger partial charge in [-0.3, -0.25) is 0 Å². The average Bonchev–Trinajstić information content (AvgIpc) is 2.80. The molecular weight excluding hydrogens is 501 g/mol. The third-order valence-electron chi connectivity index (χ3n) is 4.89. The number of ether oxygens (including phenoxy) is 2. The van der Waals surface area contributed by atoms with Crippen molar-refractivity contribution in [3.63, 3.8) is 0 Å². The Labute approximate surface area is 237 Å². The zero-order valence-electron chi connectivity index (χ0n) is 22.0. The van der Waals surface area contributed by atoms with Crippen LogP contribution in [-0.2, 0) is 9.47 Å². The van der Waals surface area contributed by atoms with E-state index in [4.69, 9.17) is 9.47 Å². The lowest BCUT2D eigenvalue weighted by Gasteiger charge is -2.24. The van der Waals surface area contributed by atoms with Gasteiger partial charge < -0.3 is 9.47 Å². The summed E-state index contributed by atoms with van der Waals surface area (Å²) < 4.78 is 48.1. The smallest absolute Gasteiger partial charge is 0.154 e. The zero-order chi connectivity index (χ0) is 26.5. The lowest BCUT2D eigenvalue weighted by Crippen LogP contribution is -2.27. The van der Waals surface area contributed by atoms with Gasteiger partial charge in [-0.1, -0.05) is 48.8 Å². The van der Waals surface area contributed by atoms with Crippen molar-refractivity contribution in [2.75, 3.05) is 13.2 Å². The van der Waals surface area contributed by atoms with Crippen LogP contribution in [0.2, 0.25) is 0 Å². The van der Waals surface area contributed by atoms with Crippen LogP contribution in [0.15, 0.2) is 42.7 Å². The van der Waals surface area contributed by atoms with Crippen LogP contribution in [0, 0.1) is 64.9 Å². The highest BCUT2D eigenvalue weighted by atomic mass is 19.1. The Morgan fingerprint density at radius 2 is 1.08 bits per heavy atom. The van der Waals surface area contributed by atoms with Gasteiger partial charge in [0.05, 0.1) is 13.2 Å². The summed E-state index contributed by atoms with van der Waals surface area (Å²) in [6.07, 6.45) is 3.64. The summed E-state index contributed by atoms with van der Waals surface area (Å²) in [5.41, 5.74) is 3.49. The number of nitrogens with zero attached hydrogens (tertiary/aromatic N) is 2. The molecule has 0 unspecified atom stereocenters. The zero-order valence-corrected chi connectivity index (χ0v) is 22.0. The van der Waals surface area contributed by atoms with Crippen LogP contribution >= 0.6 is 0 Å². The van der Waals surface area contributed by atoms with Gasteiger partial charge in [0.15, 0.2) is 6.29 Å². The molecule has 7 heteroatoms. The van der Waals surface area contributed by atoms with E-state index in [1.807, 2.05) is 46.2 Å². The van der Waals surface area contributed by atoms with E-state index in [1.165, 1.54) is 25.1 Å². The van der Waals surface area contributed by atoms with Crippen molar-refractivity contribution in [1.29, 1.82) is 0 Å². The van der Waals surface area contributed by atoms with E-state index < -0.39 is 11.6 Å². The molecule has 0 spiro atoms. The summed E-state index contributed by atoms with van der Waals surface area (Å²) in [7, 11) is 0. The minimum absolute atomic E-state index is 0. The number of benzene rings is 2. The maximum Gasteiger partial charge on any atom is 0.154 e. The first-order chi connectivity index (χ1) is 16.4. The largest absolute Gasteiger partial charge is 0.353 e. The van der Waals surface area contributed by atoms with Crippen molar-refractivity contribution in [3.05, 3.63) is 93.8 Å². The molecule has 1 saturated heterocycles. The van der Waals surface area contributed by atoms with Crippen LogP contribution in [0.25, 0.3) is 0 Å². The summed E-state index contributed by atoms with van der Waals surface area (Å²) in [5.74, 6) is 0.340. The van der Waals surface area contributed by atoms with Crippen molar-refractivity contribution in [3.8, 4) is 0 Å². The first-order valence-electron chi connectivity index (χ1n) is 11.5. The van der Waals surface area contributed by atoms with Crippen molar-refractivity contribution >= 4 is 0 Å². The molecule has 3 aromatic rings. The Balaban J connectivity index is -0.000000203. The molecule has 39 heavy (non-hydrogen) atoms. The molecule has 1 fully saturated rings. The van der Waals surface area contributed by atoms with Crippen LogP contribution in [-0.4, -0.2) is 29.5 Å². The van der Waals surface area contributed by atoms with Crippen LogP contribution in [0.1, 0.15) is 77.2 Å². The van der Waals surface area contributed by atoms with Gasteiger partial charge in [-0.15, -0.1) is 0 Å². The van der Waals surface area contributed by atoms with Gasteiger partial charge in [-0.2, -0.15) is 0 Å². The van der Waals surface area contributed by atoms with Crippen molar-refractivity contribution < 1.29 is 22.6 Å². The highest BCUT2D eigenvalue weighted by Gasteiger charge is 2.13. The Bertz CT molecular complexity index is 982. The second-order valence-corrected chi connectivity index (χ2v) is 8.75. The maximum atomic E-state index is 12.6.